The molecule has 26 heavy (non-hydrogen) atoms. The van der Waals surface area contributed by atoms with E-state index in [0.29, 0.717) is 18.4 Å². The predicted octanol–water partition coefficient (Wildman–Crippen LogP) is 7.09. The second kappa shape index (κ2) is 7.53. The maximum atomic E-state index is 13.2. The van der Waals surface area contributed by atoms with Gasteiger partial charge >= 0.3 is 6.18 Å². The third-order valence-corrected chi connectivity index (χ3v) is 5.10. The first kappa shape index (κ1) is 18.5. The molecule has 0 spiro atoms. The average Bonchev–Trinajstić information content (AvgIpc) is 2.64. The molecule has 0 radical (unpaired) electrons. The monoisotopic (exact) mass is 356 g/mol. The number of benzene rings is 2. The first-order valence-electron chi connectivity index (χ1n) is 9.00. The molecular formula is C23H23F3. The van der Waals surface area contributed by atoms with Gasteiger partial charge in [-0.2, -0.15) is 13.2 Å². The Morgan fingerprint density at radius 3 is 2.23 bits per heavy atom. The van der Waals surface area contributed by atoms with E-state index in [1.165, 1.54) is 36.1 Å². The molecule has 1 aliphatic rings. The highest BCUT2D eigenvalue weighted by Gasteiger charge is 2.33. The Bertz CT molecular complexity index is 828. The largest absolute Gasteiger partial charge is 0.416 e. The molecule has 0 unspecified atom stereocenters. The number of aryl methyl sites for hydroxylation is 2. The van der Waals surface area contributed by atoms with Gasteiger partial charge in [-0.25, -0.2) is 0 Å². The molecule has 0 saturated carbocycles. The molecule has 0 fully saturated rings. The minimum absolute atomic E-state index is 0.179. The van der Waals surface area contributed by atoms with Crippen molar-refractivity contribution in [1.29, 1.82) is 0 Å². The summed E-state index contributed by atoms with van der Waals surface area (Å²) < 4.78 is 39.5. The van der Waals surface area contributed by atoms with Crippen molar-refractivity contribution < 1.29 is 13.2 Å². The molecule has 0 aliphatic heterocycles. The van der Waals surface area contributed by atoms with Gasteiger partial charge in [0.05, 0.1) is 5.56 Å². The van der Waals surface area contributed by atoms with E-state index in [1.54, 1.807) is 6.07 Å². The molecule has 3 heteroatoms. The summed E-state index contributed by atoms with van der Waals surface area (Å²) in [5.41, 5.74) is 4.89. The molecule has 2 aromatic rings. The van der Waals surface area contributed by atoms with Crippen LogP contribution in [0.4, 0.5) is 13.2 Å². The molecule has 0 heterocycles. The van der Waals surface area contributed by atoms with Gasteiger partial charge in [-0.3, -0.25) is 0 Å². The maximum absolute atomic E-state index is 13.2. The van der Waals surface area contributed by atoms with Crippen LogP contribution in [0.1, 0.15) is 53.5 Å². The zero-order chi connectivity index (χ0) is 18.7. The van der Waals surface area contributed by atoms with Crippen molar-refractivity contribution in [2.75, 3.05) is 0 Å². The molecule has 0 aromatic heterocycles. The van der Waals surface area contributed by atoms with Crippen LogP contribution in [-0.2, 0) is 19.0 Å². The lowest BCUT2D eigenvalue weighted by atomic mass is 9.88. The molecule has 136 valence electrons. The van der Waals surface area contributed by atoms with Gasteiger partial charge in [0.1, 0.15) is 0 Å². The van der Waals surface area contributed by atoms with Crippen LogP contribution < -0.4 is 0 Å². The van der Waals surface area contributed by atoms with Crippen molar-refractivity contribution in [3.05, 3.63) is 83.4 Å². The summed E-state index contributed by atoms with van der Waals surface area (Å²) in [6.07, 6.45) is 1.39. The number of halogens is 3. The minimum atomic E-state index is -4.37. The van der Waals surface area contributed by atoms with E-state index in [1.807, 2.05) is 0 Å². The fourth-order valence-electron chi connectivity index (χ4n) is 3.57. The molecule has 3 rings (SSSR count). The van der Waals surface area contributed by atoms with E-state index in [9.17, 15) is 13.2 Å². The van der Waals surface area contributed by atoms with Crippen molar-refractivity contribution in [1.82, 2.24) is 0 Å². The standard InChI is InChI=1S/C23H23F3/c1-16(19-14-13-18-7-3-4-8-20(18)15-19)11-12-17(2)21-9-5-6-10-22(21)23(24,25)26/h5-6,9-10,13-15H,1-4,7-8,11-12H2. The molecule has 0 bridgehead atoms. The fourth-order valence-corrected chi connectivity index (χ4v) is 3.57. The van der Waals surface area contributed by atoms with Crippen LogP contribution in [0.15, 0.2) is 55.6 Å². The fraction of sp³-hybridized carbons (Fsp3) is 0.304. The topological polar surface area (TPSA) is 0 Å². The SMILES string of the molecule is C=C(CCC(=C)c1ccccc1C(F)(F)F)c1ccc2c(c1)CCCC2. The van der Waals surface area contributed by atoms with E-state index in [2.05, 4.69) is 31.4 Å². The Kier molecular flexibility index (Phi) is 5.36. The van der Waals surface area contributed by atoms with Gasteiger partial charge in [0.25, 0.3) is 0 Å². The van der Waals surface area contributed by atoms with Crippen LogP contribution in [-0.4, -0.2) is 0 Å². The first-order chi connectivity index (χ1) is 12.4. The summed E-state index contributed by atoms with van der Waals surface area (Å²) in [5, 5.41) is 0. The Labute approximate surface area is 153 Å². The minimum Gasteiger partial charge on any atom is -0.166 e. The van der Waals surface area contributed by atoms with Crippen LogP contribution >= 0.6 is 0 Å². The summed E-state index contributed by atoms with van der Waals surface area (Å²) >= 11 is 0. The molecule has 1 aliphatic carbocycles. The summed E-state index contributed by atoms with van der Waals surface area (Å²) in [6.45, 7) is 8.04. The number of fused-ring (bicyclic) bond motifs is 1. The van der Waals surface area contributed by atoms with Crippen LogP contribution in [0.2, 0.25) is 0 Å². The molecule has 2 aromatic carbocycles. The molecule has 0 saturated heterocycles. The molecule has 0 amide bonds. The van der Waals surface area contributed by atoms with Gasteiger partial charge in [-0.15, -0.1) is 0 Å². The van der Waals surface area contributed by atoms with Gasteiger partial charge < -0.3 is 0 Å². The number of allylic oxidation sites excluding steroid dienone is 2. The molecular weight excluding hydrogens is 333 g/mol. The number of rotatable bonds is 5. The van der Waals surface area contributed by atoms with E-state index < -0.39 is 11.7 Å². The summed E-state index contributed by atoms with van der Waals surface area (Å²) in [7, 11) is 0. The van der Waals surface area contributed by atoms with Gasteiger partial charge in [-0.1, -0.05) is 49.6 Å². The second-order valence-corrected chi connectivity index (χ2v) is 6.94. The van der Waals surface area contributed by atoms with E-state index >= 15 is 0 Å². The van der Waals surface area contributed by atoms with E-state index in [-0.39, 0.29) is 5.56 Å². The quantitative estimate of drug-likeness (QED) is 0.536. The van der Waals surface area contributed by atoms with E-state index in [4.69, 9.17) is 0 Å². The Morgan fingerprint density at radius 2 is 1.50 bits per heavy atom. The highest BCUT2D eigenvalue weighted by atomic mass is 19.4. The normalized spacial score (nSPS) is 14.0. The lowest BCUT2D eigenvalue weighted by Gasteiger charge is -2.18. The lowest BCUT2D eigenvalue weighted by molar-refractivity contribution is -0.137. The Balaban J connectivity index is 1.70. The smallest absolute Gasteiger partial charge is 0.166 e. The highest BCUT2D eigenvalue weighted by molar-refractivity contribution is 5.71. The summed E-state index contributed by atoms with van der Waals surface area (Å²) in [5.74, 6) is 0. The van der Waals surface area contributed by atoms with Gasteiger partial charge in [0.2, 0.25) is 0 Å². The Morgan fingerprint density at radius 1 is 0.846 bits per heavy atom. The number of hydrogen-bond acceptors (Lipinski definition) is 0. The molecule has 0 nitrogen and oxygen atoms in total. The predicted molar refractivity (Wildman–Crippen MR) is 102 cm³/mol. The molecule has 0 atom stereocenters. The third kappa shape index (κ3) is 4.09. The van der Waals surface area contributed by atoms with Crippen LogP contribution in [0.25, 0.3) is 11.1 Å². The molecule has 0 N–H and O–H groups in total. The lowest BCUT2D eigenvalue weighted by Crippen LogP contribution is -2.08. The van der Waals surface area contributed by atoms with Crippen molar-refractivity contribution in [2.45, 2.75) is 44.7 Å². The van der Waals surface area contributed by atoms with Crippen LogP contribution in [0.5, 0.6) is 0 Å². The maximum Gasteiger partial charge on any atom is 0.416 e. The van der Waals surface area contributed by atoms with Crippen LogP contribution in [0.3, 0.4) is 0 Å². The first-order valence-corrected chi connectivity index (χ1v) is 9.00. The van der Waals surface area contributed by atoms with Crippen molar-refractivity contribution >= 4 is 11.1 Å². The number of hydrogen-bond donors (Lipinski definition) is 0. The second-order valence-electron chi connectivity index (χ2n) is 6.94. The van der Waals surface area contributed by atoms with Gasteiger partial charge in [0.15, 0.2) is 0 Å². The van der Waals surface area contributed by atoms with E-state index in [0.717, 1.165) is 30.0 Å². The van der Waals surface area contributed by atoms with Crippen molar-refractivity contribution in [3.63, 3.8) is 0 Å². The number of alkyl halides is 3. The summed E-state index contributed by atoms with van der Waals surface area (Å²) in [4.78, 5) is 0. The highest BCUT2D eigenvalue weighted by Crippen LogP contribution is 2.36. The van der Waals surface area contributed by atoms with Gasteiger partial charge in [0, 0.05) is 0 Å². The van der Waals surface area contributed by atoms with Gasteiger partial charge in [-0.05, 0) is 78.0 Å². The van der Waals surface area contributed by atoms with Crippen LogP contribution in [0, 0.1) is 0 Å². The summed E-state index contributed by atoms with van der Waals surface area (Å²) in [6, 6.07) is 12.1. The Hall–Kier alpha value is -2.29. The van der Waals surface area contributed by atoms with Crippen molar-refractivity contribution in [3.8, 4) is 0 Å². The third-order valence-electron chi connectivity index (χ3n) is 5.10. The van der Waals surface area contributed by atoms with Crippen molar-refractivity contribution in [2.24, 2.45) is 0 Å². The average molecular weight is 356 g/mol. The zero-order valence-corrected chi connectivity index (χ0v) is 14.8. The zero-order valence-electron chi connectivity index (χ0n) is 14.8.